The first-order valence-electron chi connectivity index (χ1n) is 8.12. The van der Waals surface area contributed by atoms with E-state index in [4.69, 9.17) is 4.74 Å². The van der Waals surface area contributed by atoms with Gasteiger partial charge in [-0.2, -0.15) is 0 Å². The van der Waals surface area contributed by atoms with E-state index >= 15 is 0 Å². The molecule has 4 heteroatoms. The van der Waals surface area contributed by atoms with Gasteiger partial charge in [0.05, 0.1) is 6.42 Å². The van der Waals surface area contributed by atoms with E-state index in [9.17, 15) is 9.59 Å². The van der Waals surface area contributed by atoms with Gasteiger partial charge < -0.3 is 4.74 Å². The lowest BCUT2D eigenvalue weighted by atomic mass is 9.84. The standard InChI is InChI=1S/C18H31NO3/c1-9-19(10-2)18(12-14(21)16(3,4)5)13(20)11-15(22-18)17(6,7)8/h11H,9-10,12H2,1-8H3/t18-/m0/s1. The Labute approximate surface area is 134 Å². The summed E-state index contributed by atoms with van der Waals surface area (Å²) >= 11 is 0. The zero-order valence-corrected chi connectivity index (χ0v) is 15.4. The lowest BCUT2D eigenvalue weighted by molar-refractivity contribution is -0.165. The van der Waals surface area contributed by atoms with Crippen LogP contribution in [0.3, 0.4) is 0 Å². The first-order valence-corrected chi connectivity index (χ1v) is 8.12. The number of likely N-dealkylation sites (N-methyl/N-ethyl adjacent to an activating group) is 1. The van der Waals surface area contributed by atoms with E-state index in [1.807, 2.05) is 60.3 Å². The van der Waals surface area contributed by atoms with Gasteiger partial charge in [0.2, 0.25) is 11.5 Å². The second kappa shape index (κ2) is 6.15. The van der Waals surface area contributed by atoms with Crippen molar-refractivity contribution in [2.45, 2.75) is 67.5 Å². The van der Waals surface area contributed by atoms with E-state index in [-0.39, 0.29) is 23.4 Å². The maximum atomic E-state index is 12.8. The summed E-state index contributed by atoms with van der Waals surface area (Å²) in [6.45, 7) is 16.9. The van der Waals surface area contributed by atoms with Crippen molar-refractivity contribution in [3.8, 4) is 0 Å². The number of hydrogen-bond acceptors (Lipinski definition) is 4. The monoisotopic (exact) mass is 309 g/mol. The molecule has 1 aliphatic rings. The molecular weight excluding hydrogens is 278 g/mol. The van der Waals surface area contributed by atoms with Crippen LogP contribution in [0, 0.1) is 10.8 Å². The molecule has 1 rings (SSSR count). The second-order valence-electron chi connectivity index (χ2n) is 8.03. The van der Waals surface area contributed by atoms with E-state index in [1.165, 1.54) is 0 Å². The van der Waals surface area contributed by atoms with Crippen LogP contribution >= 0.6 is 0 Å². The van der Waals surface area contributed by atoms with Crippen LogP contribution in [-0.4, -0.2) is 35.3 Å². The van der Waals surface area contributed by atoms with Gasteiger partial charge in [-0.3, -0.25) is 14.5 Å². The fourth-order valence-electron chi connectivity index (χ4n) is 2.54. The van der Waals surface area contributed by atoms with E-state index in [0.29, 0.717) is 18.8 Å². The van der Waals surface area contributed by atoms with Crippen LogP contribution < -0.4 is 0 Å². The summed E-state index contributed by atoms with van der Waals surface area (Å²) in [6.07, 6.45) is 1.67. The number of ketones is 2. The Bertz CT molecular complexity index is 476. The molecule has 1 aliphatic heterocycles. The normalized spacial score (nSPS) is 22.8. The number of Topliss-reactive ketones (excluding diaryl/α,β-unsaturated/α-hetero) is 1. The second-order valence-corrected chi connectivity index (χ2v) is 8.03. The molecule has 0 aromatic heterocycles. The lowest BCUT2D eigenvalue weighted by Crippen LogP contribution is -2.56. The minimum atomic E-state index is -1.17. The van der Waals surface area contributed by atoms with Crippen molar-refractivity contribution >= 4 is 11.6 Å². The van der Waals surface area contributed by atoms with Gasteiger partial charge in [-0.15, -0.1) is 0 Å². The quantitative estimate of drug-likeness (QED) is 0.779. The summed E-state index contributed by atoms with van der Waals surface area (Å²) in [5.41, 5.74) is -1.92. The van der Waals surface area contributed by atoms with Crippen molar-refractivity contribution in [2.24, 2.45) is 10.8 Å². The van der Waals surface area contributed by atoms with Gasteiger partial charge in [-0.1, -0.05) is 55.4 Å². The summed E-state index contributed by atoms with van der Waals surface area (Å²) < 4.78 is 6.15. The summed E-state index contributed by atoms with van der Waals surface area (Å²) in [5, 5.41) is 0. The topological polar surface area (TPSA) is 46.6 Å². The molecule has 126 valence electrons. The molecule has 0 saturated carbocycles. The Morgan fingerprint density at radius 2 is 1.64 bits per heavy atom. The molecule has 0 spiro atoms. The maximum Gasteiger partial charge on any atom is 0.233 e. The van der Waals surface area contributed by atoms with Crippen molar-refractivity contribution in [2.75, 3.05) is 13.1 Å². The smallest absolute Gasteiger partial charge is 0.233 e. The van der Waals surface area contributed by atoms with Crippen LogP contribution in [0.4, 0.5) is 0 Å². The predicted octanol–water partition coefficient (Wildman–Crippen LogP) is 3.56. The Hall–Kier alpha value is -1.16. The fourth-order valence-corrected chi connectivity index (χ4v) is 2.54. The number of allylic oxidation sites excluding steroid dienone is 1. The van der Waals surface area contributed by atoms with Gasteiger partial charge in [0.1, 0.15) is 11.5 Å². The highest BCUT2D eigenvalue weighted by atomic mass is 16.5. The summed E-state index contributed by atoms with van der Waals surface area (Å²) in [4.78, 5) is 27.3. The molecule has 0 bridgehead atoms. The average Bonchev–Trinajstić information content (AvgIpc) is 2.68. The molecule has 1 atom stereocenters. The third-order valence-corrected chi connectivity index (χ3v) is 4.18. The zero-order valence-electron chi connectivity index (χ0n) is 15.4. The fraction of sp³-hybridized carbons (Fsp3) is 0.778. The molecule has 1 heterocycles. The van der Waals surface area contributed by atoms with E-state index < -0.39 is 11.1 Å². The van der Waals surface area contributed by atoms with Crippen LogP contribution in [0.2, 0.25) is 0 Å². The van der Waals surface area contributed by atoms with Gasteiger partial charge in [0.15, 0.2) is 0 Å². The first kappa shape index (κ1) is 18.9. The van der Waals surface area contributed by atoms with Crippen molar-refractivity contribution in [1.29, 1.82) is 0 Å². The Kier molecular flexibility index (Phi) is 5.28. The molecule has 0 aromatic carbocycles. The third-order valence-electron chi connectivity index (χ3n) is 4.18. The van der Waals surface area contributed by atoms with Crippen LogP contribution in [0.25, 0.3) is 0 Å². The number of carbonyl (C=O) groups is 2. The number of nitrogens with zero attached hydrogens (tertiary/aromatic N) is 1. The van der Waals surface area contributed by atoms with Crippen LogP contribution in [0.15, 0.2) is 11.8 Å². The molecule has 0 fully saturated rings. The Balaban J connectivity index is 3.23. The highest BCUT2D eigenvalue weighted by molar-refractivity contribution is 6.02. The van der Waals surface area contributed by atoms with Gasteiger partial charge in [0, 0.05) is 16.9 Å². The Morgan fingerprint density at radius 3 is 1.95 bits per heavy atom. The maximum absolute atomic E-state index is 12.8. The minimum absolute atomic E-state index is 0.0382. The number of carbonyl (C=O) groups excluding carboxylic acids is 2. The van der Waals surface area contributed by atoms with E-state index in [1.54, 1.807) is 6.08 Å². The SMILES string of the molecule is CCN(CC)[C@@]1(CC(=O)C(C)(C)C)OC(C(C)(C)C)=CC1=O. The highest BCUT2D eigenvalue weighted by Crippen LogP contribution is 2.41. The number of hydrogen-bond donors (Lipinski definition) is 0. The molecule has 0 N–H and O–H groups in total. The van der Waals surface area contributed by atoms with Crippen LogP contribution in [0.5, 0.6) is 0 Å². The summed E-state index contributed by atoms with van der Waals surface area (Å²) in [6, 6.07) is 0. The zero-order chi connectivity index (χ0) is 17.3. The van der Waals surface area contributed by atoms with Crippen LogP contribution in [-0.2, 0) is 14.3 Å². The molecule has 0 aromatic rings. The third kappa shape index (κ3) is 3.60. The van der Waals surface area contributed by atoms with Gasteiger partial charge >= 0.3 is 0 Å². The van der Waals surface area contributed by atoms with Crippen LogP contribution in [0.1, 0.15) is 61.8 Å². The molecule has 4 nitrogen and oxygen atoms in total. The van der Waals surface area contributed by atoms with E-state index in [0.717, 1.165) is 0 Å². The largest absolute Gasteiger partial charge is 0.468 e. The number of ether oxygens (including phenoxy) is 1. The predicted molar refractivity (Wildman–Crippen MR) is 88.4 cm³/mol. The molecule has 0 amide bonds. The molecule has 0 unspecified atom stereocenters. The molecule has 0 aliphatic carbocycles. The van der Waals surface area contributed by atoms with Crippen molar-refractivity contribution in [1.82, 2.24) is 4.90 Å². The molecular formula is C18H31NO3. The van der Waals surface area contributed by atoms with Gasteiger partial charge in [0.25, 0.3) is 0 Å². The summed E-state index contributed by atoms with van der Waals surface area (Å²) in [5.74, 6) is 0.584. The molecule has 0 radical (unpaired) electrons. The lowest BCUT2D eigenvalue weighted by Gasteiger charge is -2.40. The average molecular weight is 309 g/mol. The summed E-state index contributed by atoms with van der Waals surface area (Å²) in [7, 11) is 0. The van der Waals surface area contributed by atoms with Gasteiger partial charge in [-0.05, 0) is 13.1 Å². The minimum Gasteiger partial charge on any atom is -0.468 e. The van der Waals surface area contributed by atoms with Gasteiger partial charge in [-0.25, -0.2) is 0 Å². The van der Waals surface area contributed by atoms with Crippen molar-refractivity contribution in [3.05, 3.63) is 11.8 Å². The van der Waals surface area contributed by atoms with Crippen molar-refractivity contribution < 1.29 is 14.3 Å². The highest BCUT2D eigenvalue weighted by Gasteiger charge is 2.52. The molecule has 0 saturated heterocycles. The van der Waals surface area contributed by atoms with Crippen molar-refractivity contribution in [3.63, 3.8) is 0 Å². The molecule has 22 heavy (non-hydrogen) atoms. The van der Waals surface area contributed by atoms with E-state index in [2.05, 4.69) is 0 Å². The number of rotatable bonds is 5. The first-order chi connectivity index (χ1) is 9.88. The Morgan fingerprint density at radius 1 is 1.14 bits per heavy atom.